The maximum absolute atomic E-state index is 12.3. The van der Waals surface area contributed by atoms with Crippen LogP contribution in [0.15, 0.2) is 17.0 Å². The molecular weight excluding hydrogens is 244 g/mol. The van der Waals surface area contributed by atoms with Gasteiger partial charge in [0.1, 0.15) is 0 Å². The highest BCUT2D eigenvalue weighted by Crippen LogP contribution is 2.41. The summed E-state index contributed by atoms with van der Waals surface area (Å²) >= 11 is 1.83. The van der Waals surface area contributed by atoms with Crippen molar-refractivity contribution in [3.8, 4) is 0 Å². The summed E-state index contributed by atoms with van der Waals surface area (Å²) in [5.41, 5.74) is 9.05. The Kier molecular flexibility index (Phi) is 3.97. The van der Waals surface area contributed by atoms with Crippen molar-refractivity contribution in [1.29, 1.82) is 0 Å². The Morgan fingerprint density at radius 3 is 2.89 bits per heavy atom. The van der Waals surface area contributed by atoms with Crippen molar-refractivity contribution in [2.24, 2.45) is 5.73 Å². The van der Waals surface area contributed by atoms with Crippen molar-refractivity contribution in [1.82, 2.24) is 0 Å². The largest absolute Gasteiger partial charge is 0.330 e. The number of fused-ring (bicyclic) bond motifs is 1. The van der Waals surface area contributed by atoms with Crippen LogP contribution in [0, 0.1) is 13.8 Å². The number of anilines is 1. The molecule has 1 aliphatic heterocycles. The van der Waals surface area contributed by atoms with Crippen LogP contribution in [0.3, 0.4) is 0 Å². The van der Waals surface area contributed by atoms with Crippen LogP contribution in [0.1, 0.15) is 24.5 Å². The fourth-order valence-electron chi connectivity index (χ4n) is 2.31. The van der Waals surface area contributed by atoms with Gasteiger partial charge in [-0.2, -0.15) is 0 Å². The van der Waals surface area contributed by atoms with Gasteiger partial charge in [-0.3, -0.25) is 4.79 Å². The van der Waals surface area contributed by atoms with Crippen molar-refractivity contribution in [2.75, 3.05) is 17.2 Å². The number of nitrogens with zero attached hydrogens (tertiary/aromatic N) is 1. The van der Waals surface area contributed by atoms with Gasteiger partial charge in [-0.25, -0.2) is 0 Å². The van der Waals surface area contributed by atoms with Crippen LogP contribution in [-0.2, 0) is 4.79 Å². The van der Waals surface area contributed by atoms with Crippen LogP contribution in [0.5, 0.6) is 0 Å². The monoisotopic (exact) mass is 264 g/mol. The number of hydrogen-bond donors (Lipinski definition) is 1. The fourth-order valence-corrected chi connectivity index (χ4v) is 3.43. The fraction of sp³-hybridized carbons (Fsp3) is 0.500. The Balaban J connectivity index is 2.49. The minimum atomic E-state index is 0.139. The van der Waals surface area contributed by atoms with Crippen LogP contribution in [0.4, 0.5) is 5.69 Å². The molecule has 0 fully saturated rings. The topological polar surface area (TPSA) is 46.3 Å². The number of nitrogens with two attached hydrogens (primary N) is 1. The zero-order chi connectivity index (χ0) is 13.3. The number of amides is 1. The number of rotatable bonds is 2. The Morgan fingerprint density at radius 2 is 2.22 bits per heavy atom. The van der Waals surface area contributed by atoms with E-state index in [1.165, 1.54) is 16.0 Å². The van der Waals surface area contributed by atoms with E-state index < -0.39 is 0 Å². The van der Waals surface area contributed by atoms with Crippen LogP contribution in [0.2, 0.25) is 0 Å². The molecule has 1 heterocycles. The van der Waals surface area contributed by atoms with Crippen molar-refractivity contribution in [2.45, 2.75) is 38.1 Å². The summed E-state index contributed by atoms with van der Waals surface area (Å²) in [6, 6.07) is 4.49. The summed E-state index contributed by atoms with van der Waals surface area (Å²) < 4.78 is 0. The smallest absolute Gasteiger partial charge is 0.228 e. The van der Waals surface area contributed by atoms with Gasteiger partial charge in [-0.05, 0) is 38.0 Å². The molecule has 1 atom stereocenters. The first-order valence-electron chi connectivity index (χ1n) is 6.31. The first-order valence-corrected chi connectivity index (χ1v) is 7.30. The molecule has 0 aliphatic carbocycles. The van der Waals surface area contributed by atoms with Crippen LogP contribution >= 0.6 is 11.8 Å². The number of carbonyl (C=O) groups excluding carboxylic acids is 1. The minimum Gasteiger partial charge on any atom is -0.330 e. The lowest BCUT2D eigenvalue weighted by Gasteiger charge is -2.36. The summed E-state index contributed by atoms with van der Waals surface area (Å²) in [6.07, 6.45) is 0.418. The number of benzene rings is 1. The van der Waals surface area contributed by atoms with Crippen molar-refractivity contribution >= 4 is 23.4 Å². The van der Waals surface area contributed by atoms with E-state index in [2.05, 4.69) is 32.9 Å². The molecule has 2 rings (SSSR count). The predicted molar refractivity (Wildman–Crippen MR) is 77.3 cm³/mol. The van der Waals surface area contributed by atoms with E-state index in [9.17, 15) is 4.79 Å². The van der Waals surface area contributed by atoms with Crippen molar-refractivity contribution < 1.29 is 4.79 Å². The van der Waals surface area contributed by atoms with Gasteiger partial charge in [0.15, 0.2) is 0 Å². The third kappa shape index (κ3) is 2.27. The third-order valence-corrected chi connectivity index (χ3v) is 4.74. The molecule has 4 heteroatoms. The van der Waals surface area contributed by atoms with E-state index in [0.717, 1.165) is 11.4 Å². The summed E-state index contributed by atoms with van der Waals surface area (Å²) in [5.74, 6) is 1.09. The normalized spacial score (nSPS) is 18.7. The van der Waals surface area contributed by atoms with Gasteiger partial charge in [0.25, 0.3) is 0 Å². The predicted octanol–water partition coefficient (Wildman–Crippen LogP) is 2.48. The van der Waals surface area contributed by atoms with Crippen molar-refractivity contribution in [3.05, 3.63) is 23.3 Å². The molecule has 0 saturated heterocycles. The lowest BCUT2D eigenvalue weighted by atomic mass is 10.1. The lowest BCUT2D eigenvalue weighted by Crippen LogP contribution is -2.43. The Morgan fingerprint density at radius 1 is 1.50 bits per heavy atom. The number of carbonyl (C=O) groups is 1. The number of aryl methyl sites for hydroxylation is 1. The molecule has 1 aromatic rings. The Hall–Kier alpha value is -1.000. The highest BCUT2D eigenvalue weighted by Gasteiger charge is 2.29. The molecule has 0 radical (unpaired) electrons. The molecular formula is C14H20N2OS. The highest BCUT2D eigenvalue weighted by molar-refractivity contribution is 7.99. The maximum atomic E-state index is 12.3. The molecule has 3 nitrogen and oxygen atoms in total. The Labute approximate surface area is 113 Å². The average molecular weight is 264 g/mol. The molecule has 0 spiro atoms. The van der Waals surface area contributed by atoms with Gasteiger partial charge in [-0.15, -0.1) is 11.8 Å². The number of hydrogen-bond acceptors (Lipinski definition) is 3. The SMILES string of the molecule is Cc1ccc2c(c1C)N(C(=O)CCN)C(C)CS2. The standard InChI is InChI=1S/C14H20N2OS/c1-9-4-5-12-14(11(9)3)16(10(2)8-18-12)13(17)6-7-15/h4-5,10H,6-8,15H2,1-3H3. The average Bonchev–Trinajstić information content (AvgIpc) is 2.34. The minimum absolute atomic E-state index is 0.139. The zero-order valence-corrected chi connectivity index (χ0v) is 12.0. The molecule has 98 valence electrons. The second-order valence-electron chi connectivity index (χ2n) is 4.82. The maximum Gasteiger partial charge on any atom is 0.228 e. The summed E-state index contributed by atoms with van der Waals surface area (Å²) in [4.78, 5) is 15.4. The van der Waals surface area contributed by atoms with E-state index in [1.54, 1.807) is 0 Å². The molecule has 1 aliphatic rings. The van der Waals surface area contributed by atoms with E-state index in [-0.39, 0.29) is 11.9 Å². The van der Waals surface area contributed by atoms with Gasteiger partial charge in [0.2, 0.25) is 5.91 Å². The van der Waals surface area contributed by atoms with Crippen molar-refractivity contribution in [3.63, 3.8) is 0 Å². The highest BCUT2D eigenvalue weighted by atomic mass is 32.2. The van der Waals surface area contributed by atoms with Gasteiger partial charge in [0, 0.05) is 29.7 Å². The quantitative estimate of drug-likeness (QED) is 0.892. The molecule has 0 bridgehead atoms. The number of thioether (sulfide) groups is 1. The van der Waals surface area contributed by atoms with Gasteiger partial charge in [0.05, 0.1) is 5.69 Å². The second-order valence-corrected chi connectivity index (χ2v) is 5.88. The third-order valence-electron chi connectivity index (χ3n) is 3.45. The molecule has 1 aromatic carbocycles. The van der Waals surface area contributed by atoms with Crippen LogP contribution in [-0.4, -0.2) is 24.2 Å². The summed E-state index contributed by atoms with van der Waals surface area (Å²) in [5, 5.41) is 0. The van der Waals surface area contributed by atoms with Gasteiger partial charge < -0.3 is 10.6 Å². The summed E-state index contributed by atoms with van der Waals surface area (Å²) in [6.45, 7) is 6.70. The molecule has 18 heavy (non-hydrogen) atoms. The first-order chi connectivity index (χ1) is 8.56. The van der Waals surface area contributed by atoms with E-state index in [0.29, 0.717) is 13.0 Å². The van der Waals surface area contributed by atoms with Gasteiger partial charge >= 0.3 is 0 Å². The lowest BCUT2D eigenvalue weighted by molar-refractivity contribution is -0.118. The van der Waals surface area contributed by atoms with E-state index in [4.69, 9.17) is 5.73 Å². The zero-order valence-electron chi connectivity index (χ0n) is 11.2. The Bertz CT molecular complexity index is 473. The first kappa shape index (κ1) is 13.4. The molecule has 1 amide bonds. The molecule has 0 saturated carbocycles. The van der Waals surface area contributed by atoms with Gasteiger partial charge in [-0.1, -0.05) is 6.07 Å². The van der Waals surface area contributed by atoms with Crippen LogP contribution < -0.4 is 10.6 Å². The summed E-state index contributed by atoms with van der Waals surface area (Å²) in [7, 11) is 0. The van der Waals surface area contributed by atoms with E-state index >= 15 is 0 Å². The van der Waals surface area contributed by atoms with E-state index in [1.807, 2.05) is 16.7 Å². The van der Waals surface area contributed by atoms with Crippen LogP contribution in [0.25, 0.3) is 0 Å². The molecule has 2 N–H and O–H groups in total. The second kappa shape index (κ2) is 5.33. The molecule has 0 aromatic heterocycles. The molecule has 1 unspecified atom stereocenters.